The number of nitrogens with two attached hydrogens (primary N) is 1. The highest BCUT2D eigenvalue weighted by Crippen LogP contribution is 2.29. The molecule has 5 nitrogen and oxygen atoms in total. The molecular formula is C11H13Cl2N3O2. The highest BCUT2D eigenvalue weighted by Gasteiger charge is 2.15. The van der Waals surface area contributed by atoms with E-state index in [4.69, 9.17) is 28.9 Å². The molecule has 0 saturated heterocycles. The van der Waals surface area contributed by atoms with Crippen molar-refractivity contribution in [2.24, 2.45) is 5.73 Å². The quantitative estimate of drug-likeness (QED) is 0.798. The van der Waals surface area contributed by atoms with Gasteiger partial charge in [0.05, 0.1) is 10.7 Å². The number of aryl methyl sites for hydroxylation is 1. The van der Waals surface area contributed by atoms with E-state index < -0.39 is 18.0 Å². The molecule has 1 atom stereocenters. The first-order valence-corrected chi connectivity index (χ1v) is 5.89. The summed E-state index contributed by atoms with van der Waals surface area (Å²) in [6, 6.07) is 1.73. The molecule has 4 N–H and O–H groups in total. The molecule has 0 aromatic heterocycles. The highest BCUT2D eigenvalue weighted by molar-refractivity contribution is 6.35. The normalized spacial score (nSPS) is 11.8. The van der Waals surface area contributed by atoms with E-state index in [1.807, 2.05) is 12.2 Å². The summed E-state index contributed by atoms with van der Waals surface area (Å²) >= 11 is 12.0. The summed E-state index contributed by atoms with van der Waals surface area (Å²) in [4.78, 5) is 22.0. The van der Waals surface area contributed by atoms with Crippen LogP contribution in [0, 0.1) is 6.92 Å². The van der Waals surface area contributed by atoms with E-state index in [2.05, 4.69) is 5.32 Å². The van der Waals surface area contributed by atoms with Gasteiger partial charge in [0.2, 0.25) is 5.91 Å². The number of hydrogen-bond donors (Lipinski definition) is 3. The molecule has 1 unspecified atom stereocenters. The van der Waals surface area contributed by atoms with Crippen molar-refractivity contribution in [1.29, 1.82) is 0 Å². The number of halogens is 2. The number of carbonyl (C=O) groups excluding carboxylic acids is 2. The second-order valence-corrected chi connectivity index (χ2v) is 4.62. The molecule has 0 bridgehead atoms. The van der Waals surface area contributed by atoms with E-state index >= 15 is 0 Å². The number of anilines is 1. The van der Waals surface area contributed by atoms with E-state index in [1.165, 1.54) is 0 Å². The predicted octanol–water partition coefficient (Wildman–Crippen LogP) is 2.30. The van der Waals surface area contributed by atoms with E-state index in [9.17, 15) is 9.59 Å². The number of urea groups is 1. The fraction of sp³-hybridized carbons (Fsp3) is 0.273. The first-order valence-electron chi connectivity index (χ1n) is 5.13. The Kier molecular flexibility index (Phi) is 4.81. The number of nitrogens with one attached hydrogen (secondary N) is 2. The summed E-state index contributed by atoms with van der Waals surface area (Å²) < 4.78 is 0. The Morgan fingerprint density at radius 3 is 2.44 bits per heavy atom. The molecule has 0 spiro atoms. The molecule has 0 saturated carbocycles. The standard InChI is InChI=1S/C11H13Cl2N3O2/c1-5-3-8(13)9(4-7(5)12)15-6(2)10(17)16-11(14)18/h3-4,6,15H,1-2H3,(H3,14,16,17,18). The van der Waals surface area contributed by atoms with E-state index in [0.717, 1.165) is 5.56 Å². The first-order chi connectivity index (χ1) is 8.31. The molecule has 98 valence electrons. The third kappa shape index (κ3) is 3.78. The summed E-state index contributed by atoms with van der Waals surface area (Å²) in [5.41, 5.74) is 6.20. The lowest BCUT2D eigenvalue weighted by molar-refractivity contribution is -0.120. The van der Waals surface area contributed by atoms with Crippen LogP contribution in [0.1, 0.15) is 12.5 Å². The van der Waals surface area contributed by atoms with Crippen LogP contribution in [0.5, 0.6) is 0 Å². The average Bonchev–Trinajstić information content (AvgIpc) is 2.24. The molecule has 0 heterocycles. The number of primary amides is 1. The zero-order valence-corrected chi connectivity index (χ0v) is 11.4. The maximum Gasteiger partial charge on any atom is 0.318 e. The van der Waals surface area contributed by atoms with Crippen molar-refractivity contribution in [3.8, 4) is 0 Å². The Morgan fingerprint density at radius 2 is 1.89 bits per heavy atom. The van der Waals surface area contributed by atoms with Gasteiger partial charge in [-0.05, 0) is 31.5 Å². The number of carbonyl (C=O) groups is 2. The molecule has 18 heavy (non-hydrogen) atoms. The second-order valence-electron chi connectivity index (χ2n) is 3.80. The van der Waals surface area contributed by atoms with E-state index in [1.54, 1.807) is 19.1 Å². The molecule has 1 aromatic rings. The van der Waals surface area contributed by atoms with Gasteiger partial charge in [-0.3, -0.25) is 10.1 Å². The van der Waals surface area contributed by atoms with Crippen LogP contribution < -0.4 is 16.4 Å². The predicted molar refractivity (Wildman–Crippen MR) is 72.0 cm³/mol. The SMILES string of the molecule is Cc1cc(Cl)c(NC(C)C(=O)NC(N)=O)cc1Cl. The minimum absolute atomic E-state index is 0.440. The second kappa shape index (κ2) is 5.93. The largest absolute Gasteiger partial charge is 0.373 e. The van der Waals surface area contributed by atoms with Crippen LogP contribution in [0.2, 0.25) is 10.0 Å². The maximum absolute atomic E-state index is 11.5. The molecule has 0 aliphatic carbocycles. The van der Waals surface area contributed by atoms with Gasteiger partial charge in [0.15, 0.2) is 0 Å². The summed E-state index contributed by atoms with van der Waals surface area (Å²) in [5.74, 6) is -0.546. The van der Waals surface area contributed by atoms with Gasteiger partial charge >= 0.3 is 6.03 Å². The molecular weight excluding hydrogens is 277 g/mol. The fourth-order valence-corrected chi connectivity index (χ4v) is 1.72. The van der Waals surface area contributed by atoms with Gasteiger partial charge < -0.3 is 11.1 Å². The van der Waals surface area contributed by atoms with Gasteiger partial charge in [0.1, 0.15) is 6.04 Å². The Labute approximate surface area is 115 Å². The van der Waals surface area contributed by atoms with Crippen molar-refractivity contribution in [2.45, 2.75) is 19.9 Å². The van der Waals surface area contributed by atoms with E-state index in [0.29, 0.717) is 15.7 Å². The maximum atomic E-state index is 11.5. The number of amides is 3. The van der Waals surface area contributed by atoms with Gasteiger partial charge in [0, 0.05) is 5.02 Å². The van der Waals surface area contributed by atoms with Gasteiger partial charge in [-0.25, -0.2) is 4.79 Å². The van der Waals surface area contributed by atoms with Gasteiger partial charge in [-0.1, -0.05) is 23.2 Å². The third-order valence-electron chi connectivity index (χ3n) is 2.26. The van der Waals surface area contributed by atoms with Crippen molar-refractivity contribution >= 4 is 40.8 Å². The third-order valence-corrected chi connectivity index (χ3v) is 2.98. The smallest absolute Gasteiger partial charge is 0.318 e. The van der Waals surface area contributed by atoms with Gasteiger partial charge in [0.25, 0.3) is 0 Å². The van der Waals surface area contributed by atoms with E-state index in [-0.39, 0.29) is 0 Å². The molecule has 1 rings (SSSR count). The van der Waals surface area contributed by atoms with Crippen molar-refractivity contribution in [2.75, 3.05) is 5.32 Å². The molecule has 0 radical (unpaired) electrons. The van der Waals surface area contributed by atoms with Crippen molar-refractivity contribution in [3.05, 3.63) is 27.7 Å². The Hall–Kier alpha value is -1.46. The summed E-state index contributed by atoms with van der Waals surface area (Å²) in [7, 11) is 0. The summed E-state index contributed by atoms with van der Waals surface area (Å²) in [6.45, 7) is 3.39. The first kappa shape index (κ1) is 14.6. The number of benzene rings is 1. The topological polar surface area (TPSA) is 84.2 Å². The van der Waals surface area contributed by atoms with Crippen LogP contribution >= 0.6 is 23.2 Å². The lowest BCUT2D eigenvalue weighted by Crippen LogP contribution is -2.43. The zero-order chi connectivity index (χ0) is 13.9. The lowest BCUT2D eigenvalue weighted by atomic mass is 10.2. The molecule has 0 aliphatic rings. The zero-order valence-electron chi connectivity index (χ0n) is 9.88. The minimum Gasteiger partial charge on any atom is -0.373 e. The monoisotopic (exact) mass is 289 g/mol. The molecule has 1 aromatic carbocycles. The van der Waals surface area contributed by atoms with Crippen molar-refractivity contribution in [3.63, 3.8) is 0 Å². The van der Waals surface area contributed by atoms with Crippen LogP contribution in [-0.4, -0.2) is 18.0 Å². The van der Waals surface area contributed by atoms with Gasteiger partial charge in [-0.15, -0.1) is 0 Å². The molecule has 0 aliphatic heterocycles. The van der Waals surface area contributed by atoms with Crippen LogP contribution in [0.25, 0.3) is 0 Å². The Balaban J connectivity index is 2.81. The molecule has 7 heteroatoms. The van der Waals surface area contributed by atoms with Crippen LogP contribution in [0.15, 0.2) is 12.1 Å². The highest BCUT2D eigenvalue weighted by atomic mass is 35.5. The summed E-state index contributed by atoms with van der Waals surface area (Å²) in [5, 5.41) is 5.79. The van der Waals surface area contributed by atoms with Crippen LogP contribution in [0.4, 0.5) is 10.5 Å². The molecule has 0 fully saturated rings. The van der Waals surface area contributed by atoms with Gasteiger partial charge in [-0.2, -0.15) is 0 Å². The minimum atomic E-state index is -0.901. The lowest BCUT2D eigenvalue weighted by Gasteiger charge is -2.16. The Morgan fingerprint density at radius 1 is 1.28 bits per heavy atom. The number of rotatable bonds is 3. The van der Waals surface area contributed by atoms with Crippen LogP contribution in [-0.2, 0) is 4.79 Å². The number of hydrogen-bond acceptors (Lipinski definition) is 3. The van der Waals surface area contributed by atoms with Crippen molar-refractivity contribution in [1.82, 2.24) is 5.32 Å². The number of imide groups is 1. The fourth-order valence-electron chi connectivity index (χ4n) is 1.29. The van der Waals surface area contributed by atoms with Crippen LogP contribution in [0.3, 0.4) is 0 Å². The molecule has 3 amide bonds. The average molecular weight is 290 g/mol. The summed E-state index contributed by atoms with van der Waals surface area (Å²) in [6.07, 6.45) is 0. The Bertz CT molecular complexity index is 491. The van der Waals surface area contributed by atoms with Crippen molar-refractivity contribution < 1.29 is 9.59 Å².